The van der Waals surface area contributed by atoms with E-state index in [2.05, 4.69) is 33.2 Å². The van der Waals surface area contributed by atoms with E-state index in [9.17, 15) is 0 Å². The summed E-state index contributed by atoms with van der Waals surface area (Å²) in [6.45, 7) is 0. The van der Waals surface area contributed by atoms with Gasteiger partial charge in [-0.3, -0.25) is 0 Å². The van der Waals surface area contributed by atoms with Crippen molar-refractivity contribution < 1.29 is 0 Å². The second-order valence-electron chi connectivity index (χ2n) is 4.08. The Labute approximate surface area is 102 Å². The molecule has 1 aromatic heterocycles. The van der Waals surface area contributed by atoms with Crippen LogP contribution in [-0.4, -0.2) is 9.78 Å². The molecule has 0 spiro atoms. The Bertz CT molecular complexity index is 516. The number of hydrogen-bond donors (Lipinski definition) is 1. The molecule has 4 heteroatoms. The third-order valence-corrected chi connectivity index (χ3v) is 3.59. The predicted octanol–water partition coefficient (Wildman–Crippen LogP) is 2.58. The van der Waals surface area contributed by atoms with E-state index in [1.165, 1.54) is 11.3 Å². The Morgan fingerprint density at radius 2 is 2.06 bits per heavy atom. The fraction of sp³-hybridized carbons (Fsp3) is 0.250. The molecule has 1 aromatic carbocycles. The summed E-state index contributed by atoms with van der Waals surface area (Å²) in [5.41, 5.74) is 9.55. The molecule has 1 unspecified atom stereocenters. The zero-order valence-electron chi connectivity index (χ0n) is 8.73. The second kappa shape index (κ2) is 3.71. The molecule has 1 heterocycles. The molecule has 0 saturated carbocycles. The molecule has 0 amide bonds. The summed E-state index contributed by atoms with van der Waals surface area (Å²) < 4.78 is 3.08. The molecule has 0 aliphatic heterocycles. The molecular weight excluding hydrogens is 266 g/mol. The maximum Gasteiger partial charge on any atom is 0.0649 e. The molecular formula is C12H12BrN3. The van der Waals surface area contributed by atoms with Crippen LogP contribution >= 0.6 is 15.9 Å². The van der Waals surface area contributed by atoms with Gasteiger partial charge in [-0.2, -0.15) is 5.10 Å². The SMILES string of the molecule is NC1CCc2c1cnn2-c1ccc(Br)cc1. The van der Waals surface area contributed by atoms with Gasteiger partial charge < -0.3 is 5.73 Å². The van der Waals surface area contributed by atoms with E-state index in [4.69, 9.17) is 5.73 Å². The molecule has 1 aliphatic carbocycles. The number of halogens is 1. The van der Waals surface area contributed by atoms with Gasteiger partial charge in [-0.05, 0) is 37.1 Å². The Balaban J connectivity index is 2.08. The number of aromatic nitrogens is 2. The zero-order chi connectivity index (χ0) is 11.1. The van der Waals surface area contributed by atoms with Crippen molar-refractivity contribution in [2.75, 3.05) is 0 Å². The van der Waals surface area contributed by atoms with E-state index < -0.39 is 0 Å². The molecule has 1 atom stereocenters. The third-order valence-electron chi connectivity index (χ3n) is 3.06. The van der Waals surface area contributed by atoms with Gasteiger partial charge in [-0.15, -0.1) is 0 Å². The minimum Gasteiger partial charge on any atom is -0.324 e. The van der Waals surface area contributed by atoms with Gasteiger partial charge in [-0.1, -0.05) is 15.9 Å². The highest BCUT2D eigenvalue weighted by atomic mass is 79.9. The summed E-state index contributed by atoms with van der Waals surface area (Å²) in [7, 11) is 0. The minimum atomic E-state index is 0.166. The summed E-state index contributed by atoms with van der Waals surface area (Å²) in [5, 5.41) is 4.41. The van der Waals surface area contributed by atoms with Crippen molar-refractivity contribution in [3.63, 3.8) is 0 Å². The summed E-state index contributed by atoms with van der Waals surface area (Å²) in [6, 6.07) is 8.33. The van der Waals surface area contributed by atoms with Gasteiger partial charge in [0.1, 0.15) is 0 Å². The average Bonchev–Trinajstić information content (AvgIpc) is 2.84. The predicted molar refractivity (Wildman–Crippen MR) is 66.5 cm³/mol. The monoisotopic (exact) mass is 277 g/mol. The maximum absolute atomic E-state index is 6.00. The highest BCUT2D eigenvalue weighted by Gasteiger charge is 2.23. The topological polar surface area (TPSA) is 43.8 Å². The van der Waals surface area contributed by atoms with Crippen molar-refractivity contribution in [1.82, 2.24) is 9.78 Å². The van der Waals surface area contributed by atoms with Gasteiger partial charge in [0.25, 0.3) is 0 Å². The van der Waals surface area contributed by atoms with Gasteiger partial charge in [0.15, 0.2) is 0 Å². The largest absolute Gasteiger partial charge is 0.324 e. The zero-order valence-corrected chi connectivity index (χ0v) is 10.3. The van der Waals surface area contributed by atoms with Crippen LogP contribution in [0.15, 0.2) is 34.9 Å². The Kier molecular flexibility index (Phi) is 2.33. The molecule has 3 nitrogen and oxygen atoms in total. The van der Waals surface area contributed by atoms with Crippen molar-refractivity contribution >= 4 is 15.9 Å². The van der Waals surface area contributed by atoms with Gasteiger partial charge in [-0.25, -0.2) is 4.68 Å². The van der Waals surface area contributed by atoms with Crippen LogP contribution in [0.25, 0.3) is 5.69 Å². The van der Waals surface area contributed by atoms with Gasteiger partial charge in [0.05, 0.1) is 11.9 Å². The van der Waals surface area contributed by atoms with Gasteiger partial charge in [0, 0.05) is 21.8 Å². The summed E-state index contributed by atoms with van der Waals surface area (Å²) in [5.74, 6) is 0. The number of hydrogen-bond acceptors (Lipinski definition) is 2. The maximum atomic E-state index is 6.00. The highest BCUT2D eigenvalue weighted by molar-refractivity contribution is 9.10. The number of nitrogens with zero attached hydrogens (tertiary/aromatic N) is 2. The van der Waals surface area contributed by atoms with Crippen LogP contribution in [0.5, 0.6) is 0 Å². The number of fused-ring (bicyclic) bond motifs is 1. The fourth-order valence-electron chi connectivity index (χ4n) is 2.20. The Morgan fingerprint density at radius 1 is 1.31 bits per heavy atom. The van der Waals surface area contributed by atoms with Crippen molar-refractivity contribution in [3.05, 3.63) is 46.2 Å². The third kappa shape index (κ3) is 1.49. The molecule has 2 aromatic rings. The lowest BCUT2D eigenvalue weighted by molar-refractivity contribution is 0.692. The smallest absolute Gasteiger partial charge is 0.0649 e. The Hall–Kier alpha value is -1.13. The average molecular weight is 278 g/mol. The van der Waals surface area contributed by atoms with Crippen LogP contribution in [0.4, 0.5) is 0 Å². The Morgan fingerprint density at radius 3 is 2.81 bits per heavy atom. The first kappa shape index (κ1) is 10.1. The molecule has 16 heavy (non-hydrogen) atoms. The van der Waals surface area contributed by atoms with Crippen molar-refractivity contribution in [1.29, 1.82) is 0 Å². The lowest BCUT2D eigenvalue weighted by Crippen LogP contribution is -2.03. The minimum absolute atomic E-state index is 0.166. The number of nitrogens with two attached hydrogens (primary N) is 1. The van der Waals surface area contributed by atoms with E-state index >= 15 is 0 Å². The second-order valence-corrected chi connectivity index (χ2v) is 5.00. The number of benzene rings is 1. The van der Waals surface area contributed by atoms with Crippen molar-refractivity contribution in [3.8, 4) is 5.69 Å². The van der Waals surface area contributed by atoms with E-state index in [1.54, 1.807) is 0 Å². The highest BCUT2D eigenvalue weighted by Crippen LogP contribution is 2.30. The van der Waals surface area contributed by atoms with Crippen LogP contribution in [0.1, 0.15) is 23.7 Å². The standard InChI is InChI=1S/C12H12BrN3/c13-8-1-3-9(4-2-8)16-12-6-5-11(14)10(12)7-15-16/h1-4,7,11H,5-6,14H2. The van der Waals surface area contributed by atoms with Crippen molar-refractivity contribution in [2.24, 2.45) is 5.73 Å². The normalized spacial score (nSPS) is 18.8. The first-order chi connectivity index (χ1) is 7.75. The summed E-state index contributed by atoms with van der Waals surface area (Å²) in [4.78, 5) is 0. The number of rotatable bonds is 1. The van der Waals surface area contributed by atoms with E-state index in [1.807, 2.05) is 23.0 Å². The molecule has 0 radical (unpaired) electrons. The van der Waals surface area contributed by atoms with Gasteiger partial charge in [0.2, 0.25) is 0 Å². The molecule has 0 bridgehead atoms. The van der Waals surface area contributed by atoms with Crippen LogP contribution in [0.3, 0.4) is 0 Å². The van der Waals surface area contributed by atoms with Crippen LogP contribution in [0.2, 0.25) is 0 Å². The first-order valence-corrected chi connectivity index (χ1v) is 6.13. The van der Waals surface area contributed by atoms with Crippen molar-refractivity contribution in [2.45, 2.75) is 18.9 Å². The molecule has 3 rings (SSSR count). The molecule has 2 N–H and O–H groups in total. The molecule has 0 fully saturated rings. The van der Waals surface area contributed by atoms with E-state index in [0.717, 1.165) is 23.0 Å². The molecule has 82 valence electrons. The van der Waals surface area contributed by atoms with Gasteiger partial charge >= 0.3 is 0 Å². The fourth-order valence-corrected chi connectivity index (χ4v) is 2.46. The van der Waals surface area contributed by atoms with E-state index in [-0.39, 0.29) is 6.04 Å². The molecule has 0 saturated heterocycles. The lowest BCUT2D eigenvalue weighted by atomic mass is 10.2. The van der Waals surface area contributed by atoms with Crippen LogP contribution < -0.4 is 5.73 Å². The first-order valence-electron chi connectivity index (χ1n) is 5.34. The summed E-state index contributed by atoms with van der Waals surface area (Å²) >= 11 is 3.43. The molecule has 1 aliphatic rings. The van der Waals surface area contributed by atoms with Crippen LogP contribution in [0, 0.1) is 0 Å². The van der Waals surface area contributed by atoms with E-state index in [0.29, 0.717) is 0 Å². The van der Waals surface area contributed by atoms with Crippen LogP contribution in [-0.2, 0) is 6.42 Å². The lowest BCUT2D eigenvalue weighted by Gasteiger charge is -2.05. The quantitative estimate of drug-likeness (QED) is 0.871. The summed E-state index contributed by atoms with van der Waals surface area (Å²) in [6.07, 6.45) is 3.95.